The zero-order chi connectivity index (χ0) is 10.4. The number of H-pyrrole nitrogens is 1. The maximum Gasteiger partial charge on any atom is 0.199 e. The quantitative estimate of drug-likeness (QED) is 0.750. The van der Waals surface area contributed by atoms with Crippen LogP contribution in [0, 0.1) is 6.92 Å². The molecular weight excluding hydrogens is 176 g/mol. The molecule has 0 unspecified atom stereocenters. The van der Waals surface area contributed by atoms with Gasteiger partial charge in [0, 0.05) is 6.20 Å². The number of aromatic amines is 1. The van der Waals surface area contributed by atoms with Gasteiger partial charge in [-0.25, -0.2) is 4.98 Å². The predicted octanol–water partition coefficient (Wildman–Crippen LogP) is 2.20. The van der Waals surface area contributed by atoms with Crippen LogP contribution in [0.1, 0.15) is 19.7 Å². The zero-order valence-corrected chi connectivity index (χ0v) is 8.65. The molecule has 2 rings (SSSR count). The lowest BCUT2D eigenvalue weighted by Gasteiger charge is -1.89. The number of nitrogens with zero attached hydrogens (tertiary/aromatic N) is 3. The first-order valence-corrected chi connectivity index (χ1v) is 4.66. The van der Waals surface area contributed by atoms with E-state index >= 15 is 0 Å². The molecule has 4 nitrogen and oxygen atoms in total. The van der Waals surface area contributed by atoms with Crippen LogP contribution in [0.15, 0.2) is 24.4 Å². The van der Waals surface area contributed by atoms with Crippen LogP contribution in [0.4, 0.5) is 0 Å². The van der Waals surface area contributed by atoms with E-state index in [-0.39, 0.29) is 0 Å². The van der Waals surface area contributed by atoms with Gasteiger partial charge in [0.1, 0.15) is 11.5 Å². The minimum atomic E-state index is 0.646. The lowest BCUT2D eigenvalue weighted by Crippen LogP contribution is -1.83. The monoisotopic (exact) mass is 190 g/mol. The Morgan fingerprint density at radius 3 is 2.50 bits per heavy atom. The van der Waals surface area contributed by atoms with Crippen molar-refractivity contribution >= 4 is 0 Å². The first-order valence-electron chi connectivity index (χ1n) is 4.66. The number of rotatable bonds is 1. The molecule has 4 heteroatoms. The van der Waals surface area contributed by atoms with Gasteiger partial charge in [-0.2, -0.15) is 5.10 Å². The molecule has 2 aromatic rings. The Morgan fingerprint density at radius 1 is 1.21 bits per heavy atom. The van der Waals surface area contributed by atoms with Crippen LogP contribution >= 0.6 is 0 Å². The van der Waals surface area contributed by atoms with E-state index in [2.05, 4.69) is 20.2 Å². The summed E-state index contributed by atoms with van der Waals surface area (Å²) < 4.78 is 0. The Hall–Kier alpha value is -1.71. The first kappa shape index (κ1) is 10.4. The van der Waals surface area contributed by atoms with E-state index in [4.69, 9.17) is 0 Å². The van der Waals surface area contributed by atoms with Gasteiger partial charge in [-0.3, -0.25) is 10.1 Å². The average molecular weight is 190 g/mol. The van der Waals surface area contributed by atoms with Crippen LogP contribution in [0.5, 0.6) is 0 Å². The summed E-state index contributed by atoms with van der Waals surface area (Å²) in [5, 5.41) is 6.75. The third kappa shape index (κ3) is 2.39. The Morgan fingerprint density at radius 2 is 2.00 bits per heavy atom. The van der Waals surface area contributed by atoms with Gasteiger partial charge in [-0.15, -0.1) is 0 Å². The van der Waals surface area contributed by atoms with Crippen molar-refractivity contribution in [2.75, 3.05) is 0 Å². The van der Waals surface area contributed by atoms with Crippen molar-refractivity contribution in [2.45, 2.75) is 20.8 Å². The Labute approximate surface area is 83.4 Å². The molecule has 0 amide bonds. The van der Waals surface area contributed by atoms with Crippen molar-refractivity contribution in [1.82, 2.24) is 20.2 Å². The number of hydrogen-bond acceptors (Lipinski definition) is 3. The van der Waals surface area contributed by atoms with E-state index in [1.807, 2.05) is 39.0 Å². The summed E-state index contributed by atoms with van der Waals surface area (Å²) in [7, 11) is 0. The van der Waals surface area contributed by atoms with Crippen LogP contribution in [-0.2, 0) is 0 Å². The van der Waals surface area contributed by atoms with E-state index in [0.717, 1.165) is 11.5 Å². The highest BCUT2D eigenvalue weighted by atomic mass is 15.2. The average Bonchev–Trinajstić information content (AvgIpc) is 2.69. The molecule has 0 fully saturated rings. The molecule has 0 aliphatic heterocycles. The summed E-state index contributed by atoms with van der Waals surface area (Å²) in [6.45, 7) is 5.86. The van der Waals surface area contributed by atoms with E-state index in [1.54, 1.807) is 6.20 Å². The minimum absolute atomic E-state index is 0.646. The largest absolute Gasteiger partial charge is 0.263 e. The van der Waals surface area contributed by atoms with Gasteiger partial charge in [-0.05, 0) is 19.1 Å². The summed E-state index contributed by atoms with van der Waals surface area (Å²) in [6, 6.07) is 5.65. The molecule has 0 bridgehead atoms. The third-order valence-electron chi connectivity index (χ3n) is 1.49. The minimum Gasteiger partial charge on any atom is -0.263 e. The fraction of sp³-hybridized carbons (Fsp3) is 0.300. The van der Waals surface area contributed by atoms with Gasteiger partial charge in [0.05, 0.1) is 0 Å². The molecular formula is C10H14N4. The number of nitrogens with one attached hydrogen (secondary N) is 1. The SMILES string of the molecule is CC.Cc1nc(-c2ccccn2)n[nH]1. The second-order valence-electron chi connectivity index (χ2n) is 2.46. The van der Waals surface area contributed by atoms with Gasteiger partial charge in [-0.1, -0.05) is 19.9 Å². The van der Waals surface area contributed by atoms with Crippen LogP contribution < -0.4 is 0 Å². The van der Waals surface area contributed by atoms with Crippen LogP contribution in [0.25, 0.3) is 11.5 Å². The van der Waals surface area contributed by atoms with Gasteiger partial charge >= 0.3 is 0 Å². The van der Waals surface area contributed by atoms with Gasteiger partial charge in [0.15, 0.2) is 5.82 Å². The van der Waals surface area contributed by atoms with Crippen molar-refractivity contribution < 1.29 is 0 Å². The molecule has 2 aromatic heterocycles. The summed E-state index contributed by atoms with van der Waals surface area (Å²) in [4.78, 5) is 8.27. The fourth-order valence-electron chi connectivity index (χ4n) is 0.952. The molecule has 74 valence electrons. The number of pyridine rings is 1. The molecule has 0 radical (unpaired) electrons. The maximum absolute atomic E-state index is 4.15. The van der Waals surface area contributed by atoms with Crippen molar-refractivity contribution in [3.8, 4) is 11.5 Å². The highest BCUT2D eigenvalue weighted by Crippen LogP contribution is 2.08. The van der Waals surface area contributed by atoms with Crippen LogP contribution in [0.3, 0.4) is 0 Å². The molecule has 1 N–H and O–H groups in total. The summed E-state index contributed by atoms with van der Waals surface area (Å²) in [6.07, 6.45) is 1.72. The molecule has 0 aliphatic rings. The normalized spacial score (nSPS) is 9.07. The lowest BCUT2D eigenvalue weighted by molar-refractivity contribution is 1.04. The van der Waals surface area contributed by atoms with E-state index in [0.29, 0.717) is 5.82 Å². The number of aromatic nitrogens is 4. The standard InChI is InChI=1S/C8H8N4.C2H6/c1-6-10-8(12-11-6)7-4-2-3-5-9-7;1-2/h2-5H,1H3,(H,10,11,12);1-2H3. The van der Waals surface area contributed by atoms with Crippen molar-refractivity contribution in [2.24, 2.45) is 0 Å². The Balaban J connectivity index is 0.000000461. The van der Waals surface area contributed by atoms with Gasteiger partial charge < -0.3 is 0 Å². The molecule has 14 heavy (non-hydrogen) atoms. The highest BCUT2D eigenvalue weighted by molar-refractivity contribution is 5.47. The van der Waals surface area contributed by atoms with Crippen molar-refractivity contribution in [3.63, 3.8) is 0 Å². The van der Waals surface area contributed by atoms with E-state index in [1.165, 1.54) is 0 Å². The van der Waals surface area contributed by atoms with Crippen LogP contribution in [0.2, 0.25) is 0 Å². The van der Waals surface area contributed by atoms with Gasteiger partial charge in [0.2, 0.25) is 0 Å². The number of hydrogen-bond donors (Lipinski definition) is 1. The van der Waals surface area contributed by atoms with E-state index in [9.17, 15) is 0 Å². The van der Waals surface area contributed by atoms with Crippen molar-refractivity contribution in [1.29, 1.82) is 0 Å². The van der Waals surface area contributed by atoms with Crippen molar-refractivity contribution in [3.05, 3.63) is 30.2 Å². The Kier molecular flexibility index (Phi) is 3.79. The van der Waals surface area contributed by atoms with E-state index < -0.39 is 0 Å². The molecule has 0 saturated carbocycles. The summed E-state index contributed by atoms with van der Waals surface area (Å²) in [5.74, 6) is 1.45. The summed E-state index contributed by atoms with van der Waals surface area (Å²) >= 11 is 0. The fourth-order valence-corrected chi connectivity index (χ4v) is 0.952. The smallest absolute Gasteiger partial charge is 0.199 e. The molecule has 0 aliphatic carbocycles. The third-order valence-corrected chi connectivity index (χ3v) is 1.49. The highest BCUT2D eigenvalue weighted by Gasteiger charge is 2.02. The molecule has 2 heterocycles. The van der Waals surface area contributed by atoms with Gasteiger partial charge in [0.25, 0.3) is 0 Å². The second-order valence-corrected chi connectivity index (χ2v) is 2.46. The topological polar surface area (TPSA) is 54.5 Å². The number of aryl methyl sites for hydroxylation is 1. The zero-order valence-electron chi connectivity index (χ0n) is 8.65. The predicted molar refractivity (Wildman–Crippen MR) is 55.7 cm³/mol. The molecule has 0 aromatic carbocycles. The Bertz CT molecular complexity index is 367. The maximum atomic E-state index is 4.15. The molecule has 0 spiro atoms. The molecule has 0 saturated heterocycles. The second kappa shape index (κ2) is 5.11. The molecule has 0 atom stereocenters. The lowest BCUT2D eigenvalue weighted by atomic mass is 10.3. The summed E-state index contributed by atoms with van der Waals surface area (Å²) in [5.41, 5.74) is 0.793. The first-order chi connectivity index (χ1) is 6.86. The van der Waals surface area contributed by atoms with Crippen LogP contribution in [-0.4, -0.2) is 20.2 Å².